The summed E-state index contributed by atoms with van der Waals surface area (Å²) in [5, 5.41) is 3.31. The molecule has 1 aliphatic heterocycles. The molecule has 3 rings (SSSR count). The third kappa shape index (κ3) is 5.66. The average Bonchev–Trinajstić information content (AvgIpc) is 2.70. The van der Waals surface area contributed by atoms with Crippen LogP contribution >= 0.6 is 11.6 Å². The minimum absolute atomic E-state index is 0.00581. The van der Waals surface area contributed by atoms with Crippen LogP contribution in [-0.2, 0) is 11.3 Å². The normalized spacial score (nSPS) is 15.4. The van der Waals surface area contributed by atoms with Gasteiger partial charge in [0.1, 0.15) is 24.0 Å². The van der Waals surface area contributed by atoms with Gasteiger partial charge in [0.2, 0.25) is 5.91 Å². The summed E-state index contributed by atoms with van der Waals surface area (Å²) in [5.41, 5.74) is 0.505. The SMILES string of the molecule is O=C(NCCOc1ccc(F)cc1)C1CCN(Cc2c(F)cccc2Cl)CC1. The van der Waals surface area contributed by atoms with Gasteiger partial charge in [-0.05, 0) is 62.3 Å². The number of nitrogens with one attached hydrogen (secondary N) is 1. The van der Waals surface area contributed by atoms with Crippen molar-refractivity contribution in [2.75, 3.05) is 26.2 Å². The number of carbonyl (C=O) groups is 1. The number of amides is 1. The van der Waals surface area contributed by atoms with Crippen LogP contribution in [0.3, 0.4) is 0 Å². The molecule has 1 fully saturated rings. The van der Waals surface area contributed by atoms with E-state index in [9.17, 15) is 13.6 Å². The summed E-state index contributed by atoms with van der Waals surface area (Å²) in [5.74, 6) is -0.0991. The van der Waals surface area contributed by atoms with E-state index < -0.39 is 0 Å². The van der Waals surface area contributed by atoms with E-state index >= 15 is 0 Å². The van der Waals surface area contributed by atoms with Crippen molar-refractivity contribution in [3.8, 4) is 5.75 Å². The van der Waals surface area contributed by atoms with Crippen molar-refractivity contribution in [1.82, 2.24) is 10.2 Å². The molecular weight excluding hydrogens is 386 g/mol. The number of carbonyl (C=O) groups excluding carboxylic acids is 1. The Morgan fingerprint density at radius 1 is 1.14 bits per heavy atom. The second-order valence-corrected chi connectivity index (χ2v) is 7.25. The fourth-order valence-corrected chi connectivity index (χ4v) is 3.50. The molecule has 0 atom stereocenters. The fraction of sp³-hybridized carbons (Fsp3) is 0.381. The van der Waals surface area contributed by atoms with Crippen molar-refractivity contribution in [3.63, 3.8) is 0 Å². The van der Waals surface area contributed by atoms with Gasteiger partial charge in [-0.15, -0.1) is 0 Å². The molecule has 7 heteroatoms. The quantitative estimate of drug-likeness (QED) is 0.703. The molecule has 4 nitrogen and oxygen atoms in total. The number of nitrogens with zero attached hydrogens (tertiary/aromatic N) is 1. The lowest BCUT2D eigenvalue weighted by Gasteiger charge is -2.31. The van der Waals surface area contributed by atoms with E-state index in [0.717, 1.165) is 25.9 Å². The van der Waals surface area contributed by atoms with Crippen molar-refractivity contribution >= 4 is 17.5 Å². The Balaban J connectivity index is 1.37. The molecule has 28 heavy (non-hydrogen) atoms. The summed E-state index contributed by atoms with van der Waals surface area (Å²) in [4.78, 5) is 14.4. The number of ether oxygens (including phenoxy) is 1. The predicted octanol–water partition coefficient (Wildman–Crippen LogP) is 4.03. The third-order valence-corrected chi connectivity index (χ3v) is 5.24. The molecule has 0 unspecified atom stereocenters. The van der Waals surface area contributed by atoms with Gasteiger partial charge in [-0.2, -0.15) is 0 Å². The number of likely N-dealkylation sites (tertiary alicyclic amines) is 1. The Hall–Kier alpha value is -2.18. The van der Waals surface area contributed by atoms with Crippen LogP contribution in [0.15, 0.2) is 42.5 Å². The molecule has 0 spiro atoms. The Labute approximate surface area is 168 Å². The van der Waals surface area contributed by atoms with Crippen LogP contribution in [0.5, 0.6) is 5.75 Å². The molecule has 0 aromatic heterocycles. The summed E-state index contributed by atoms with van der Waals surface area (Å²) < 4.78 is 32.2. The van der Waals surface area contributed by atoms with E-state index in [-0.39, 0.29) is 23.5 Å². The highest BCUT2D eigenvalue weighted by Gasteiger charge is 2.25. The molecule has 1 amide bonds. The minimum atomic E-state index is -0.315. The second-order valence-electron chi connectivity index (χ2n) is 6.84. The van der Waals surface area contributed by atoms with Gasteiger partial charge in [0.05, 0.1) is 6.54 Å². The molecular formula is C21H23ClF2N2O2. The van der Waals surface area contributed by atoms with Gasteiger partial charge < -0.3 is 10.1 Å². The molecule has 1 heterocycles. The first-order valence-corrected chi connectivity index (χ1v) is 9.72. The second kappa shape index (κ2) is 9.85. The van der Waals surface area contributed by atoms with Gasteiger partial charge in [0.25, 0.3) is 0 Å². The maximum atomic E-state index is 13.9. The van der Waals surface area contributed by atoms with Crippen LogP contribution in [0.4, 0.5) is 8.78 Å². The number of hydrogen-bond acceptors (Lipinski definition) is 3. The Kier molecular flexibility index (Phi) is 7.23. The highest BCUT2D eigenvalue weighted by atomic mass is 35.5. The summed E-state index contributed by atoms with van der Waals surface area (Å²) in [6.45, 7) is 2.60. The van der Waals surface area contributed by atoms with Gasteiger partial charge in [0.15, 0.2) is 0 Å². The third-order valence-electron chi connectivity index (χ3n) is 4.89. The first-order valence-electron chi connectivity index (χ1n) is 9.34. The van der Waals surface area contributed by atoms with Crippen LogP contribution < -0.4 is 10.1 Å². The highest BCUT2D eigenvalue weighted by molar-refractivity contribution is 6.31. The van der Waals surface area contributed by atoms with E-state index in [1.807, 2.05) is 0 Å². The summed E-state index contributed by atoms with van der Waals surface area (Å²) in [7, 11) is 0. The zero-order chi connectivity index (χ0) is 19.9. The van der Waals surface area contributed by atoms with E-state index in [1.165, 1.54) is 18.2 Å². The van der Waals surface area contributed by atoms with Crippen molar-refractivity contribution in [1.29, 1.82) is 0 Å². The fourth-order valence-electron chi connectivity index (χ4n) is 3.28. The maximum Gasteiger partial charge on any atom is 0.223 e. The smallest absolute Gasteiger partial charge is 0.223 e. The van der Waals surface area contributed by atoms with Gasteiger partial charge >= 0.3 is 0 Å². The first kappa shape index (κ1) is 20.6. The van der Waals surface area contributed by atoms with E-state index in [4.69, 9.17) is 16.3 Å². The molecule has 2 aromatic rings. The van der Waals surface area contributed by atoms with Crippen LogP contribution in [0.25, 0.3) is 0 Å². The van der Waals surface area contributed by atoms with Crippen LogP contribution in [0, 0.1) is 17.6 Å². The molecule has 0 bridgehead atoms. The number of hydrogen-bond donors (Lipinski definition) is 1. The lowest BCUT2D eigenvalue weighted by molar-refractivity contribution is -0.126. The van der Waals surface area contributed by atoms with Gasteiger partial charge in [-0.1, -0.05) is 17.7 Å². The average molecular weight is 409 g/mol. The summed E-state index contributed by atoms with van der Waals surface area (Å²) in [6.07, 6.45) is 1.44. The Morgan fingerprint density at radius 3 is 2.54 bits per heavy atom. The maximum absolute atomic E-state index is 13.9. The Bertz CT molecular complexity index is 773. The number of piperidine rings is 1. The standard InChI is InChI=1S/C21H23ClF2N2O2/c22-19-2-1-3-20(24)18(19)14-26-11-8-15(9-12-26)21(27)25-10-13-28-17-6-4-16(23)5-7-17/h1-7,15H,8-14H2,(H,25,27). The van der Waals surface area contributed by atoms with Gasteiger partial charge in [0, 0.05) is 23.0 Å². The largest absolute Gasteiger partial charge is 0.492 e. The minimum Gasteiger partial charge on any atom is -0.492 e. The van der Waals surface area contributed by atoms with E-state index in [0.29, 0.717) is 36.0 Å². The van der Waals surface area contributed by atoms with Crippen molar-refractivity contribution in [3.05, 3.63) is 64.7 Å². The van der Waals surface area contributed by atoms with Crippen LogP contribution in [-0.4, -0.2) is 37.0 Å². The lowest BCUT2D eigenvalue weighted by atomic mass is 9.95. The zero-order valence-electron chi connectivity index (χ0n) is 15.5. The van der Waals surface area contributed by atoms with Crippen molar-refractivity contribution in [2.45, 2.75) is 19.4 Å². The molecule has 1 saturated heterocycles. The molecule has 2 aromatic carbocycles. The number of rotatable bonds is 7. The lowest BCUT2D eigenvalue weighted by Crippen LogP contribution is -2.41. The molecule has 0 saturated carbocycles. The number of benzene rings is 2. The Morgan fingerprint density at radius 2 is 1.86 bits per heavy atom. The van der Waals surface area contributed by atoms with E-state index in [1.54, 1.807) is 24.3 Å². The van der Waals surface area contributed by atoms with Gasteiger partial charge in [-0.25, -0.2) is 8.78 Å². The molecule has 0 aliphatic carbocycles. The molecule has 150 valence electrons. The van der Waals surface area contributed by atoms with Gasteiger partial charge in [-0.3, -0.25) is 9.69 Å². The topological polar surface area (TPSA) is 41.6 Å². The number of halogens is 3. The summed E-state index contributed by atoms with van der Waals surface area (Å²) >= 11 is 6.09. The molecule has 1 aliphatic rings. The van der Waals surface area contributed by atoms with Crippen molar-refractivity contribution in [2.24, 2.45) is 5.92 Å². The van der Waals surface area contributed by atoms with E-state index in [2.05, 4.69) is 10.2 Å². The first-order chi connectivity index (χ1) is 13.5. The highest BCUT2D eigenvalue weighted by Crippen LogP contribution is 2.24. The molecule has 0 radical (unpaired) electrons. The monoisotopic (exact) mass is 408 g/mol. The van der Waals surface area contributed by atoms with Crippen LogP contribution in [0.1, 0.15) is 18.4 Å². The van der Waals surface area contributed by atoms with Crippen molar-refractivity contribution < 1.29 is 18.3 Å². The zero-order valence-corrected chi connectivity index (χ0v) is 16.2. The summed E-state index contributed by atoms with van der Waals surface area (Å²) in [6, 6.07) is 10.5. The van der Waals surface area contributed by atoms with Crippen LogP contribution in [0.2, 0.25) is 5.02 Å². The molecule has 1 N–H and O–H groups in total. The predicted molar refractivity (Wildman–Crippen MR) is 104 cm³/mol.